The maximum atomic E-state index is 11.4. The smallest absolute Gasteiger partial charge is 0.357 e. The number of thiophene rings is 1. The number of thiazole rings is 1. The number of carbonyl (C=O) groups is 1. The third-order valence-corrected chi connectivity index (χ3v) is 3.91. The number of hydrazone groups is 1. The van der Waals surface area contributed by atoms with E-state index in [0.717, 1.165) is 10.6 Å². The van der Waals surface area contributed by atoms with E-state index in [-0.39, 0.29) is 0 Å². The van der Waals surface area contributed by atoms with Crippen molar-refractivity contribution in [1.29, 1.82) is 0 Å². The molecule has 100 valence electrons. The Balaban J connectivity index is 2.01. The number of esters is 1. The van der Waals surface area contributed by atoms with Crippen LogP contribution in [-0.2, 0) is 4.74 Å². The van der Waals surface area contributed by atoms with Crippen molar-refractivity contribution >= 4 is 39.5 Å². The van der Waals surface area contributed by atoms with Gasteiger partial charge in [-0.3, -0.25) is 5.43 Å². The summed E-state index contributed by atoms with van der Waals surface area (Å²) in [6, 6.07) is 3.97. The zero-order valence-corrected chi connectivity index (χ0v) is 12.2. The predicted octanol–water partition coefficient (Wildman–Crippen LogP) is 3.22. The Kier molecular flexibility index (Phi) is 4.64. The van der Waals surface area contributed by atoms with Crippen LogP contribution in [0.2, 0.25) is 0 Å². The van der Waals surface area contributed by atoms with Crippen LogP contribution in [0.15, 0.2) is 28.0 Å². The normalized spacial score (nSPS) is 11.4. The molecule has 0 fully saturated rings. The van der Waals surface area contributed by atoms with Crippen LogP contribution in [0.4, 0.5) is 5.13 Å². The van der Waals surface area contributed by atoms with Crippen molar-refractivity contribution in [2.75, 3.05) is 12.0 Å². The van der Waals surface area contributed by atoms with Crippen LogP contribution in [0.1, 0.15) is 29.2 Å². The largest absolute Gasteiger partial charge is 0.461 e. The lowest BCUT2D eigenvalue weighted by atomic mass is 10.3. The molecule has 0 amide bonds. The van der Waals surface area contributed by atoms with E-state index in [1.807, 2.05) is 24.4 Å². The molecule has 7 heteroatoms. The summed E-state index contributed by atoms with van der Waals surface area (Å²) in [4.78, 5) is 16.6. The fourth-order valence-corrected chi connectivity index (χ4v) is 2.59. The van der Waals surface area contributed by atoms with Crippen molar-refractivity contribution in [2.24, 2.45) is 5.10 Å². The Bertz CT molecular complexity index is 576. The first kappa shape index (κ1) is 13.7. The average molecular weight is 295 g/mol. The minimum absolute atomic E-state index is 0.304. The number of hydrogen-bond donors (Lipinski definition) is 1. The molecule has 0 atom stereocenters. The lowest BCUT2D eigenvalue weighted by Gasteiger charge is -1.98. The number of anilines is 1. The molecule has 0 saturated heterocycles. The topological polar surface area (TPSA) is 63.6 Å². The molecule has 5 nitrogen and oxygen atoms in total. The fraction of sp³-hybridized carbons (Fsp3) is 0.250. The zero-order chi connectivity index (χ0) is 13.7. The summed E-state index contributed by atoms with van der Waals surface area (Å²) in [6.07, 6.45) is 0. The molecule has 0 aliphatic carbocycles. The van der Waals surface area contributed by atoms with Gasteiger partial charge in [-0.25, -0.2) is 9.78 Å². The van der Waals surface area contributed by atoms with Gasteiger partial charge in [0.2, 0.25) is 5.13 Å². The molecule has 0 bridgehead atoms. The monoisotopic (exact) mass is 295 g/mol. The SMILES string of the molecule is CCOC(=O)c1csc(N/N=C(\C)c2cccs2)n1. The molecule has 0 spiro atoms. The summed E-state index contributed by atoms with van der Waals surface area (Å²) in [7, 11) is 0. The van der Waals surface area contributed by atoms with Gasteiger partial charge in [0.05, 0.1) is 12.3 Å². The van der Waals surface area contributed by atoms with Crippen LogP contribution in [0, 0.1) is 0 Å². The fourth-order valence-electron chi connectivity index (χ4n) is 1.30. The van der Waals surface area contributed by atoms with E-state index in [0.29, 0.717) is 17.4 Å². The minimum atomic E-state index is -0.411. The molecular weight excluding hydrogens is 282 g/mol. The first-order valence-corrected chi connectivity index (χ1v) is 7.43. The second kappa shape index (κ2) is 6.44. The van der Waals surface area contributed by atoms with Gasteiger partial charge >= 0.3 is 5.97 Å². The number of hydrogen-bond acceptors (Lipinski definition) is 7. The highest BCUT2D eigenvalue weighted by Gasteiger charge is 2.11. The summed E-state index contributed by atoms with van der Waals surface area (Å²) in [5.74, 6) is -0.411. The van der Waals surface area contributed by atoms with Crippen LogP contribution in [0.25, 0.3) is 0 Å². The Hall–Kier alpha value is -1.73. The zero-order valence-electron chi connectivity index (χ0n) is 10.5. The van der Waals surface area contributed by atoms with Crippen molar-refractivity contribution in [3.05, 3.63) is 33.5 Å². The molecular formula is C12H13N3O2S2. The van der Waals surface area contributed by atoms with Crippen molar-refractivity contribution in [3.8, 4) is 0 Å². The molecule has 0 unspecified atom stereocenters. The third kappa shape index (κ3) is 3.62. The average Bonchev–Trinajstić information content (AvgIpc) is 3.07. The Morgan fingerprint density at radius 1 is 1.53 bits per heavy atom. The summed E-state index contributed by atoms with van der Waals surface area (Å²) in [5, 5.41) is 8.44. The molecule has 2 aromatic rings. The van der Waals surface area contributed by atoms with Gasteiger partial charge in [0, 0.05) is 10.3 Å². The summed E-state index contributed by atoms with van der Waals surface area (Å²) in [5.41, 5.74) is 4.03. The Morgan fingerprint density at radius 2 is 2.37 bits per heavy atom. The van der Waals surface area contributed by atoms with Crippen LogP contribution < -0.4 is 5.43 Å². The standard InChI is InChI=1S/C12H13N3O2S2/c1-3-17-11(16)9-7-19-12(13-9)15-14-8(2)10-5-4-6-18-10/h4-7H,3H2,1-2H3,(H,13,15)/b14-8+. The van der Waals surface area contributed by atoms with E-state index in [1.165, 1.54) is 11.3 Å². The highest BCUT2D eigenvalue weighted by atomic mass is 32.1. The summed E-state index contributed by atoms with van der Waals surface area (Å²) in [6.45, 7) is 4.02. The van der Waals surface area contributed by atoms with Gasteiger partial charge in [-0.15, -0.1) is 22.7 Å². The van der Waals surface area contributed by atoms with E-state index < -0.39 is 5.97 Å². The maximum absolute atomic E-state index is 11.4. The summed E-state index contributed by atoms with van der Waals surface area (Å²) < 4.78 is 4.87. The number of carbonyl (C=O) groups excluding carboxylic acids is 1. The number of nitrogens with zero attached hydrogens (tertiary/aromatic N) is 2. The second-order valence-corrected chi connectivity index (χ2v) is 5.35. The molecule has 0 aromatic carbocycles. The number of aromatic nitrogens is 1. The minimum Gasteiger partial charge on any atom is -0.461 e. The van der Waals surface area contributed by atoms with Gasteiger partial charge in [-0.2, -0.15) is 5.10 Å². The Labute approximate surface area is 119 Å². The van der Waals surface area contributed by atoms with E-state index in [1.54, 1.807) is 23.6 Å². The molecule has 19 heavy (non-hydrogen) atoms. The number of rotatable bonds is 5. The number of nitrogens with one attached hydrogen (secondary N) is 1. The number of ether oxygens (including phenoxy) is 1. The molecule has 0 radical (unpaired) electrons. The van der Waals surface area contributed by atoms with Crippen LogP contribution in [0.3, 0.4) is 0 Å². The van der Waals surface area contributed by atoms with Crippen LogP contribution in [-0.4, -0.2) is 23.3 Å². The Morgan fingerprint density at radius 3 is 3.05 bits per heavy atom. The van der Waals surface area contributed by atoms with Gasteiger partial charge in [-0.05, 0) is 25.3 Å². The van der Waals surface area contributed by atoms with Crippen LogP contribution in [0.5, 0.6) is 0 Å². The highest BCUT2D eigenvalue weighted by molar-refractivity contribution is 7.14. The van der Waals surface area contributed by atoms with Gasteiger partial charge in [-0.1, -0.05) is 6.07 Å². The molecule has 1 N–H and O–H groups in total. The lowest BCUT2D eigenvalue weighted by Crippen LogP contribution is -2.05. The van der Waals surface area contributed by atoms with Crippen molar-refractivity contribution in [1.82, 2.24) is 4.98 Å². The molecule has 2 aromatic heterocycles. The van der Waals surface area contributed by atoms with Crippen LogP contribution >= 0.6 is 22.7 Å². The molecule has 2 rings (SSSR count). The quantitative estimate of drug-likeness (QED) is 0.522. The molecule has 0 aliphatic rings. The lowest BCUT2D eigenvalue weighted by molar-refractivity contribution is 0.0520. The van der Waals surface area contributed by atoms with Gasteiger partial charge in [0.1, 0.15) is 0 Å². The molecule has 0 saturated carbocycles. The third-order valence-electron chi connectivity index (χ3n) is 2.19. The van der Waals surface area contributed by atoms with Gasteiger partial charge in [0.25, 0.3) is 0 Å². The highest BCUT2D eigenvalue weighted by Crippen LogP contribution is 2.17. The van der Waals surface area contributed by atoms with Gasteiger partial charge in [0.15, 0.2) is 5.69 Å². The maximum Gasteiger partial charge on any atom is 0.357 e. The molecule has 2 heterocycles. The van der Waals surface area contributed by atoms with E-state index in [4.69, 9.17) is 4.74 Å². The van der Waals surface area contributed by atoms with Crippen molar-refractivity contribution in [3.63, 3.8) is 0 Å². The van der Waals surface area contributed by atoms with Gasteiger partial charge < -0.3 is 4.74 Å². The second-order valence-electron chi connectivity index (χ2n) is 3.54. The van der Waals surface area contributed by atoms with Crippen molar-refractivity contribution in [2.45, 2.75) is 13.8 Å². The first-order valence-electron chi connectivity index (χ1n) is 5.67. The predicted molar refractivity (Wildman–Crippen MR) is 78.2 cm³/mol. The first-order chi connectivity index (χ1) is 9.20. The van der Waals surface area contributed by atoms with Crippen molar-refractivity contribution < 1.29 is 9.53 Å². The molecule has 0 aliphatic heterocycles. The van der Waals surface area contributed by atoms with E-state index in [9.17, 15) is 4.79 Å². The summed E-state index contributed by atoms with van der Waals surface area (Å²) >= 11 is 2.94. The van der Waals surface area contributed by atoms with E-state index >= 15 is 0 Å². The van der Waals surface area contributed by atoms with E-state index in [2.05, 4.69) is 15.5 Å².